The molecule has 15 heavy (non-hydrogen) atoms. The van der Waals surface area contributed by atoms with Gasteiger partial charge in [-0.15, -0.1) is 0 Å². The SMILES string of the molecule is CC(C)NCCCN(C)S(=O)(=O)N(C)C. The predicted molar refractivity (Wildman–Crippen MR) is 63.0 cm³/mol. The molecule has 0 aromatic rings. The Balaban J connectivity index is 3.90. The van der Waals surface area contributed by atoms with Gasteiger partial charge in [0, 0.05) is 33.7 Å². The van der Waals surface area contributed by atoms with E-state index in [4.69, 9.17) is 0 Å². The van der Waals surface area contributed by atoms with Gasteiger partial charge >= 0.3 is 0 Å². The third-order valence-corrected chi connectivity index (χ3v) is 3.95. The van der Waals surface area contributed by atoms with E-state index in [2.05, 4.69) is 19.2 Å². The summed E-state index contributed by atoms with van der Waals surface area (Å²) in [5, 5.41) is 3.25. The summed E-state index contributed by atoms with van der Waals surface area (Å²) < 4.78 is 25.8. The normalized spacial score (nSPS) is 13.1. The van der Waals surface area contributed by atoms with Gasteiger partial charge in [-0.25, -0.2) is 0 Å². The van der Waals surface area contributed by atoms with Gasteiger partial charge in [0.2, 0.25) is 0 Å². The molecule has 0 aliphatic rings. The first-order chi connectivity index (χ1) is 6.78. The average molecular weight is 237 g/mol. The topological polar surface area (TPSA) is 52.7 Å². The third-order valence-electron chi connectivity index (χ3n) is 2.06. The zero-order valence-electron chi connectivity index (χ0n) is 10.3. The molecule has 0 rings (SSSR count). The van der Waals surface area contributed by atoms with Crippen molar-refractivity contribution in [3.63, 3.8) is 0 Å². The van der Waals surface area contributed by atoms with Crippen LogP contribution in [0.5, 0.6) is 0 Å². The van der Waals surface area contributed by atoms with Crippen LogP contribution in [0.15, 0.2) is 0 Å². The molecule has 0 aliphatic carbocycles. The van der Waals surface area contributed by atoms with E-state index in [1.807, 2.05) is 0 Å². The lowest BCUT2D eigenvalue weighted by molar-refractivity contribution is 0.406. The van der Waals surface area contributed by atoms with E-state index in [1.165, 1.54) is 22.7 Å². The molecule has 0 saturated heterocycles. The lowest BCUT2D eigenvalue weighted by atomic mass is 10.3. The van der Waals surface area contributed by atoms with Crippen LogP contribution in [0.2, 0.25) is 0 Å². The summed E-state index contributed by atoms with van der Waals surface area (Å²) in [7, 11) is 1.44. The van der Waals surface area contributed by atoms with Crippen molar-refractivity contribution in [3.05, 3.63) is 0 Å². The van der Waals surface area contributed by atoms with E-state index in [-0.39, 0.29) is 0 Å². The third kappa shape index (κ3) is 5.46. The molecule has 0 aliphatic heterocycles. The number of rotatable bonds is 7. The van der Waals surface area contributed by atoms with Gasteiger partial charge in [0.25, 0.3) is 10.2 Å². The van der Waals surface area contributed by atoms with Crippen molar-refractivity contribution in [1.29, 1.82) is 0 Å². The number of nitrogens with one attached hydrogen (secondary N) is 1. The average Bonchev–Trinajstić information content (AvgIpc) is 2.11. The molecule has 0 heterocycles. The Kier molecular flexibility index (Phi) is 6.35. The summed E-state index contributed by atoms with van der Waals surface area (Å²) in [6, 6.07) is 0.445. The lowest BCUT2D eigenvalue weighted by Gasteiger charge is -2.21. The number of nitrogens with zero attached hydrogens (tertiary/aromatic N) is 2. The van der Waals surface area contributed by atoms with Crippen molar-refractivity contribution in [1.82, 2.24) is 13.9 Å². The van der Waals surface area contributed by atoms with Crippen molar-refractivity contribution >= 4 is 10.2 Å². The summed E-state index contributed by atoms with van der Waals surface area (Å²) in [5.74, 6) is 0. The number of hydrogen-bond acceptors (Lipinski definition) is 3. The Morgan fingerprint density at radius 3 is 2.13 bits per heavy atom. The Hall–Kier alpha value is -0.170. The highest BCUT2D eigenvalue weighted by molar-refractivity contribution is 7.86. The van der Waals surface area contributed by atoms with Crippen LogP contribution in [-0.2, 0) is 10.2 Å². The maximum atomic E-state index is 11.6. The van der Waals surface area contributed by atoms with Crippen LogP contribution in [0.4, 0.5) is 0 Å². The summed E-state index contributed by atoms with van der Waals surface area (Å²) in [6.07, 6.45) is 0.821. The summed E-state index contributed by atoms with van der Waals surface area (Å²) >= 11 is 0. The van der Waals surface area contributed by atoms with Crippen LogP contribution in [0, 0.1) is 0 Å². The molecular formula is C9H23N3O2S. The zero-order chi connectivity index (χ0) is 12.1. The molecule has 1 N–H and O–H groups in total. The van der Waals surface area contributed by atoms with Gasteiger partial charge in [-0.1, -0.05) is 13.8 Å². The van der Waals surface area contributed by atoms with Crippen LogP contribution in [-0.4, -0.2) is 57.3 Å². The summed E-state index contributed by atoms with van der Waals surface area (Å²) in [6.45, 7) is 5.52. The highest BCUT2D eigenvalue weighted by Crippen LogP contribution is 2.01. The second-order valence-electron chi connectivity index (χ2n) is 4.07. The Bertz CT molecular complexity index is 263. The minimum atomic E-state index is -3.24. The van der Waals surface area contributed by atoms with Crippen molar-refractivity contribution in [2.75, 3.05) is 34.2 Å². The monoisotopic (exact) mass is 237 g/mol. The molecule has 0 fully saturated rings. The van der Waals surface area contributed by atoms with E-state index in [0.29, 0.717) is 12.6 Å². The fourth-order valence-electron chi connectivity index (χ4n) is 1.09. The van der Waals surface area contributed by atoms with E-state index < -0.39 is 10.2 Å². The highest BCUT2D eigenvalue weighted by atomic mass is 32.2. The van der Waals surface area contributed by atoms with Crippen LogP contribution >= 0.6 is 0 Å². The molecule has 0 aromatic heterocycles. The summed E-state index contributed by atoms with van der Waals surface area (Å²) in [4.78, 5) is 0. The molecule has 5 nitrogen and oxygen atoms in total. The van der Waals surface area contributed by atoms with E-state index in [9.17, 15) is 8.42 Å². The standard InChI is InChI=1S/C9H23N3O2S/c1-9(2)10-7-6-8-12(5)15(13,14)11(3)4/h9-10H,6-8H2,1-5H3. The van der Waals surface area contributed by atoms with Gasteiger partial charge < -0.3 is 5.32 Å². The number of hydrogen-bond donors (Lipinski definition) is 1. The first kappa shape index (κ1) is 14.8. The molecule has 92 valence electrons. The molecule has 0 unspecified atom stereocenters. The first-order valence-corrected chi connectivity index (χ1v) is 6.55. The Morgan fingerprint density at radius 1 is 1.20 bits per heavy atom. The molecule has 0 bridgehead atoms. The van der Waals surface area contributed by atoms with Crippen LogP contribution in [0.1, 0.15) is 20.3 Å². The highest BCUT2D eigenvalue weighted by Gasteiger charge is 2.19. The molecular weight excluding hydrogens is 214 g/mol. The van der Waals surface area contributed by atoms with Crippen molar-refractivity contribution in [3.8, 4) is 0 Å². The van der Waals surface area contributed by atoms with Crippen molar-refractivity contribution in [2.45, 2.75) is 26.3 Å². The zero-order valence-corrected chi connectivity index (χ0v) is 11.1. The minimum absolute atomic E-state index is 0.445. The van der Waals surface area contributed by atoms with Gasteiger partial charge in [0.1, 0.15) is 0 Å². The van der Waals surface area contributed by atoms with Crippen LogP contribution in [0.25, 0.3) is 0 Å². The molecule has 0 radical (unpaired) electrons. The fraction of sp³-hybridized carbons (Fsp3) is 1.00. The first-order valence-electron chi connectivity index (χ1n) is 5.15. The van der Waals surface area contributed by atoms with Gasteiger partial charge in [0.15, 0.2) is 0 Å². The second kappa shape index (κ2) is 6.42. The molecule has 6 heteroatoms. The maximum Gasteiger partial charge on any atom is 0.281 e. The molecule has 0 atom stereocenters. The van der Waals surface area contributed by atoms with Crippen LogP contribution < -0.4 is 5.32 Å². The van der Waals surface area contributed by atoms with Crippen molar-refractivity contribution < 1.29 is 8.42 Å². The molecule has 0 spiro atoms. The Labute approximate surface area is 93.6 Å². The summed E-state index contributed by atoms with van der Waals surface area (Å²) in [5.41, 5.74) is 0. The molecule has 0 saturated carbocycles. The van der Waals surface area contributed by atoms with Crippen molar-refractivity contribution in [2.24, 2.45) is 0 Å². The van der Waals surface area contributed by atoms with Gasteiger partial charge in [-0.2, -0.15) is 17.0 Å². The van der Waals surface area contributed by atoms with Crippen LogP contribution in [0.3, 0.4) is 0 Å². The van der Waals surface area contributed by atoms with Gasteiger partial charge in [-0.05, 0) is 13.0 Å². The van der Waals surface area contributed by atoms with E-state index in [1.54, 1.807) is 7.05 Å². The Morgan fingerprint density at radius 2 is 1.73 bits per heavy atom. The fourth-order valence-corrected chi connectivity index (χ4v) is 2.00. The maximum absolute atomic E-state index is 11.6. The molecule has 0 aromatic carbocycles. The van der Waals surface area contributed by atoms with E-state index >= 15 is 0 Å². The molecule has 0 amide bonds. The van der Waals surface area contributed by atoms with Gasteiger partial charge in [-0.3, -0.25) is 0 Å². The predicted octanol–water partition coefficient (Wildman–Crippen LogP) is 0.113. The smallest absolute Gasteiger partial charge is 0.281 e. The minimum Gasteiger partial charge on any atom is -0.314 e. The van der Waals surface area contributed by atoms with E-state index in [0.717, 1.165) is 13.0 Å². The lowest BCUT2D eigenvalue weighted by Crippen LogP contribution is -2.38. The second-order valence-corrected chi connectivity index (χ2v) is 6.32. The van der Waals surface area contributed by atoms with Gasteiger partial charge in [0.05, 0.1) is 0 Å². The largest absolute Gasteiger partial charge is 0.314 e. The quantitative estimate of drug-likeness (QED) is 0.640.